The van der Waals surface area contributed by atoms with E-state index in [2.05, 4.69) is 23.6 Å². The van der Waals surface area contributed by atoms with E-state index >= 15 is 0 Å². The van der Waals surface area contributed by atoms with Crippen LogP contribution >= 0.6 is 0 Å². The molecule has 0 N–H and O–H groups in total. The number of piperazine rings is 1. The summed E-state index contributed by atoms with van der Waals surface area (Å²) in [6.45, 7) is 10.4. The Labute approximate surface area is 94.4 Å². The van der Waals surface area contributed by atoms with Crippen molar-refractivity contribution in [3.05, 3.63) is 0 Å². The van der Waals surface area contributed by atoms with Gasteiger partial charge in [0, 0.05) is 33.3 Å². The lowest BCUT2D eigenvalue weighted by Crippen LogP contribution is -2.50. The molecule has 1 heterocycles. The number of unbranched alkanes of at least 4 members (excludes halogenated alkanes) is 2. The maximum absolute atomic E-state index is 5.33. The molecule has 15 heavy (non-hydrogen) atoms. The summed E-state index contributed by atoms with van der Waals surface area (Å²) in [5.74, 6) is 0. The third kappa shape index (κ3) is 4.49. The zero-order valence-electron chi connectivity index (χ0n) is 10.5. The molecule has 1 fully saturated rings. The topological polar surface area (TPSA) is 15.7 Å². The van der Waals surface area contributed by atoms with E-state index in [1.54, 1.807) is 7.11 Å². The van der Waals surface area contributed by atoms with Gasteiger partial charge in [0.25, 0.3) is 0 Å². The zero-order chi connectivity index (χ0) is 11.1. The fourth-order valence-electron chi connectivity index (χ4n) is 2.09. The van der Waals surface area contributed by atoms with Crippen LogP contribution < -0.4 is 0 Å². The van der Waals surface area contributed by atoms with Crippen molar-refractivity contribution in [2.75, 3.05) is 39.8 Å². The monoisotopic (exact) mass is 214 g/mol. The molecule has 0 saturated carbocycles. The van der Waals surface area contributed by atoms with E-state index in [1.165, 1.54) is 38.9 Å². The van der Waals surface area contributed by atoms with Gasteiger partial charge in [-0.05, 0) is 19.9 Å². The molecule has 90 valence electrons. The van der Waals surface area contributed by atoms with Crippen LogP contribution in [0.25, 0.3) is 0 Å². The molecule has 0 bridgehead atoms. The van der Waals surface area contributed by atoms with Gasteiger partial charge in [0.2, 0.25) is 0 Å². The van der Waals surface area contributed by atoms with E-state index in [0.717, 1.165) is 13.1 Å². The fourth-order valence-corrected chi connectivity index (χ4v) is 2.09. The Bertz CT molecular complexity index is 156. The molecule has 3 nitrogen and oxygen atoms in total. The van der Waals surface area contributed by atoms with Crippen molar-refractivity contribution in [1.29, 1.82) is 0 Å². The number of ether oxygens (including phenoxy) is 1. The Hall–Kier alpha value is -0.120. The van der Waals surface area contributed by atoms with E-state index in [-0.39, 0.29) is 6.23 Å². The van der Waals surface area contributed by atoms with E-state index in [0.29, 0.717) is 0 Å². The van der Waals surface area contributed by atoms with Gasteiger partial charge in [0.1, 0.15) is 6.23 Å². The van der Waals surface area contributed by atoms with Crippen LogP contribution in [0.15, 0.2) is 0 Å². The predicted molar refractivity (Wildman–Crippen MR) is 64.0 cm³/mol. The molecule has 1 rings (SSSR count). The largest absolute Gasteiger partial charge is 0.367 e. The van der Waals surface area contributed by atoms with E-state index in [4.69, 9.17) is 4.74 Å². The lowest BCUT2D eigenvalue weighted by Gasteiger charge is -2.37. The van der Waals surface area contributed by atoms with Crippen LogP contribution in [0.5, 0.6) is 0 Å². The van der Waals surface area contributed by atoms with Gasteiger partial charge >= 0.3 is 0 Å². The molecular weight excluding hydrogens is 188 g/mol. The number of nitrogens with zero attached hydrogens (tertiary/aromatic N) is 2. The highest BCUT2D eigenvalue weighted by Gasteiger charge is 2.19. The Morgan fingerprint density at radius 1 is 1.13 bits per heavy atom. The van der Waals surface area contributed by atoms with E-state index in [1.807, 2.05) is 0 Å². The molecule has 1 unspecified atom stereocenters. The second kappa shape index (κ2) is 7.20. The third-order valence-corrected chi connectivity index (χ3v) is 3.34. The average Bonchev–Trinajstić information content (AvgIpc) is 2.29. The Morgan fingerprint density at radius 2 is 1.80 bits per heavy atom. The SMILES string of the molecule is CCCCCN1CCN(C(C)OC)CC1. The van der Waals surface area contributed by atoms with Crippen molar-refractivity contribution < 1.29 is 4.74 Å². The summed E-state index contributed by atoms with van der Waals surface area (Å²) in [6.07, 6.45) is 4.33. The average molecular weight is 214 g/mol. The lowest BCUT2D eigenvalue weighted by atomic mass is 10.2. The number of hydrogen-bond acceptors (Lipinski definition) is 3. The highest BCUT2D eigenvalue weighted by Crippen LogP contribution is 2.07. The molecule has 0 spiro atoms. The molecule has 0 aliphatic carbocycles. The summed E-state index contributed by atoms with van der Waals surface area (Å²) >= 11 is 0. The highest BCUT2D eigenvalue weighted by molar-refractivity contribution is 4.72. The summed E-state index contributed by atoms with van der Waals surface area (Å²) in [5, 5.41) is 0. The van der Waals surface area contributed by atoms with Gasteiger partial charge in [0.05, 0.1) is 0 Å². The molecule has 0 radical (unpaired) electrons. The minimum atomic E-state index is 0.280. The second-order valence-corrected chi connectivity index (χ2v) is 4.42. The van der Waals surface area contributed by atoms with Crippen LogP contribution in [0.3, 0.4) is 0 Å². The van der Waals surface area contributed by atoms with Gasteiger partial charge in [-0.25, -0.2) is 0 Å². The maximum atomic E-state index is 5.33. The molecule has 0 aromatic carbocycles. The first-order valence-electron chi connectivity index (χ1n) is 6.27. The minimum absolute atomic E-state index is 0.280. The first-order valence-corrected chi connectivity index (χ1v) is 6.27. The summed E-state index contributed by atoms with van der Waals surface area (Å²) in [6, 6.07) is 0. The fraction of sp³-hybridized carbons (Fsp3) is 1.00. The lowest BCUT2D eigenvalue weighted by molar-refractivity contribution is -0.0415. The molecule has 0 aromatic rings. The Balaban J connectivity index is 2.12. The first kappa shape index (κ1) is 12.9. The van der Waals surface area contributed by atoms with Gasteiger partial charge in [-0.15, -0.1) is 0 Å². The van der Waals surface area contributed by atoms with Crippen molar-refractivity contribution in [2.45, 2.75) is 39.3 Å². The van der Waals surface area contributed by atoms with Crippen molar-refractivity contribution in [3.63, 3.8) is 0 Å². The van der Waals surface area contributed by atoms with Crippen LogP contribution in [0.1, 0.15) is 33.1 Å². The van der Waals surface area contributed by atoms with Crippen LogP contribution in [0, 0.1) is 0 Å². The standard InChI is InChI=1S/C12H26N2O/c1-4-5-6-7-13-8-10-14(11-9-13)12(2)15-3/h12H,4-11H2,1-3H3. The Kier molecular flexibility index (Phi) is 6.22. The van der Waals surface area contributed by atoms with Gasteiger partial charge in [0.15, 0.2) is 0 Å². The molecule has 1 atom stereocenters. The van der Waals surface area contributed by atoms with E-state index < -0.39 is 0 Å². The molecule has 0 aromatic heterocycles. The second-order valence-electron chi connectivity index (χ2n) is 4.42. The van der Waals surface area contributed by atoms with Gasteiger partial charge in [-0.1, -0.05) is 19.8 Å². The molecule has 1 aliphatic rings. The molecule has 1 saturated heterocycles. The summed E-state index contributed by atoms with van der Waals surface area (Å²) in [4.78, 5) is 4.99. The highest BCUT2D eigenvalue weighted by atomic mass is 16.5. The maximum Gasteiger partial charge on any atom is 0.107 e. The van der Waals surface area contributed by atoms with Gasteiger partial charge in [-0.2, -0.15) is 0 Å². The van der Waals surface area contributed by atoms with Gasteiger partial charge in [-0.3, -0.25) is 4.90 Å². The summed E-state index contributed by atoms with van der Waals surface area (Å²) < 4.78 is 5.33. The third-order valence-electron chi connectivity index (χ3n) is 3.34. The van der Waals surface area contributed by atoms with Crippen LogP contribution in [0.2, 0.25) is 0 Å². The quantitative estimate of drug-likeness (QED) is 0.627. The first-order chi connectivity index (χ1) is 7.27. The van der Waals surface area contributed by atoms with Crippen LogP contribution in [0.4, 0.5) is 0 Å². The van der Waals surface area contributed by atoms with Gasteiger partial charge < -0.3 is 9.64 Å². The molecule has 3 heteroatoms. The minimum Gasteiger partial charge on any atom is -0.367 e. The summed E-state index contributed by atoms with van der Waals surface area (Å²) in [7, 11) is 1.79. The number of hydrogen-bond donors (Lipinski definition) is 0. The number of rotatable bonds is 6. The predicted octanol–water partition coefficient (Wildman–Crippen LogP) is 1.79. The van der Waals surface area contributed by atoms with Crippen molar-refractivity contribution in [2.24, 2.45) is 0 Å². The zero-order valence-corrected chi connectivity index (χ0v) is 10.5. The van der Waals surface area contributed by atoms with E-state index in [9.17, 15) is 0 Å². The summed E-state index contributed by atoms with van der Waals surface area (Å²) in [5.41, 5.74) is 0. The van der Waals surface area contributed by atoms with Crippen molar-refractivity contribution in [1.82, 2.24) is 9.80 Å². The van der Waals surface area contributed by atoms with Crippen molar-refractivity contribution in [3.8, 4) is 0 Å². The van der Waals surface area contributed by atoms with Crippen LogP contribution in [-0.2, 0) is 4.74 Å². The molecular formula is C12H26N2O. The molecule has 0 amide bonds. The van der Waals surface area contributed by atoms with Crippen molar-refractivity contribution >= 4 is 0 Å². The number of methoxy groups -OCH3 is 1. The smallest absolute Gasteiger partial charge is 0.107 e. The Morgan fingerprint density at radius 3 is 2.33 bits per heavy atom. The normalized spacial score (nSPS) is 21.8. The molecule has 1 aliphatic heterocycles. The van der Waals surface area contributed by atoms with Crippen LogP contribution in [-0.4, -0.2) is 55.9 Å².